The average molecular weight is 270 g/mol. The zero-order chi connectivity index (χ0) is 13.9. The first-order chi connectivity index (χ1) is 8.99. The molecule has 1 aromatic heterocycles. The minimum atomic E-state index is -4.62. The van der Waals surface area contributed by atoms with Crippen molar-refractivity contribution in [3.8, 4) is 11.6 Å². The number of rotatable bonds is 3. The first-order valence-electron chi connectivity index (χ1n) is 5.27. The summed E-state index contributed by atoms with van der Waals surface area (Å²) >= 11 is 0. The Bertz CT molecular complexity index is 573. The summed E-state index contributed by atoms with van der Waals surface area (Å²) in [6, 6.07) is 7.56. The molecule has 19 heavy (non-hydrogen) atoms. The van der Waals surface area contributed by atoms with Crippen LogP contribution in [0.2, 0.25) is 0 Å². The minimum Gasteiger partial charge on any atom is -0.439 e. The molecule has 1 aromatic carbocycles. The van der Waals surface area contributed by atoms with Gasteiger partial charge >= 0.3 is 6.18 Å². The summed E-state index contributed by atoms with van der Waals surface area (Å²) in [5.74, 6) is -1.18. The molecule has 0 aliphatic carbocycles. The second-order valence-corrected chi connectivity index (χ2v) is 3.62. The van der Waals surface area contributed by atoms with Crippen molar-refractivity contribution in [1.29, 1.82) is 0 Å². The summed E-state index contributed by atoms with van der Waals surface area (Å²) in [5.41, 5.74) is 0.586. The van der Waals surface area contributed by atoms with Gasteiger partial charge in [-0.05, 0) is 17.7 Å². The second kappa shape index (κ2) is 5.23. The third kappa shape index (κ3) is 3.41. The minimum absolute atomic E-state index is 0.186. The summed E-state index contributed by atoms with van der Waals surface area (Å²) in [4.78, 5) is 6.40. The Morgan fingerprint density at radius 2 is 2.00 bits per heavy atom. The van der Waals surface area contributed by atoms with Gasteiger partial charge in [0.05, 0.1) is 6.61 Å². The first-order valence-corrected chi connectivity index (χ1v) is 5.27. The molecular weight excluding hydrogens is 261 g/mol. The monoisotopic (exact) mass is 270 g/mol. The third-order valence-corrected chi connectivity index (χ3v) is 2.19. The second-order valence-electron chi connectivity index (χ2n) is 3.62. The SMILES string of the molecule is OCc1cccc(Oc2ccnc(C(F)(F)F)n2)c1. The highest BCUT2D eigenvalue weighted by Crippen LogP contribution is 2.28. The van der Waals surface area contributed by atoms with Crippen LogP contribution in [0.25, 0.3) is 0 Å². The Labute approximate surface area is 106 Å². The van der Waals surface area contributed by atoms with Crippen LogP contribution in [0.1, 0.15) is 11.4 Å². The van der Waals surface area contributed by atoms with Crippen LogP contribution in [0.5, 0.6) is 11.6 Å². The van der Waals surface area contributed by atoms with E-state index in [-0.39, 0.29) is 12.5 Å². The molecule has 0 bridgehead atoms. The molecule has 0 saturated heterocycles. The van der Waals surface area contributed by atoms with Crippen LogP contribution in [0, 0.1) is 0 Å². The van der Waals surface area contributed by atoms with E-state index in [1.54, 1.807) is 18.2 Å². The number of hydrogen-bond acceptors (Lipinski definition) is 4. The normalized spacial score (nSPS) is 11.4. The molecule has 4 nitrogen and oxygen atoms in total. The zero-order valence-corrected chi connectivity index (χ0v) is 9.55. The van der Waals surface area contributed by atoms with Gasteiger partial charge in [0.25, 0.3) is 0 Å². The van der Waals surface area contributed by atoms with Crippen molar-refractivity contribution in [1.82, 2.24) is 9.97 Å². The van der Waals surface area contributed by atoms with E-state index in [2.05, 4.69) is 9.97 Å². The predicted molar refractivity (Wildman–Crippen MR) is 59.5 cm³/mol. The van der Waals surface area contributed by atoms with Crippen molar-refractivity contribution < 1.29 is 23.0 Å². The standard InChI is InChI=1S/C12H9F3N2O2/c13-12(14,15)11-16-5-4-10(17-11)19-9-3-1-2-8(6-9)7-18/h1-6,18H,7H2. The number of aliphatic hydroxyl groups is 1. The van der Waals surface area contributed by atoms with Gasteiger partial charge < -0.3 is 9.84 Å². The number of ether oxygens (including phenoxy) is 1. The van der Waals surface area contributed by atoms with Crippen LogP contribution < -0.4 is 4.74 Å². The molecule has 100 valence electrons. The van der Waals surface area contributed by atoms with Crippen LogP contribution >= 0.6 is 0 Å². The van der Waals surface area contributed by atoms with Gasteiger partial charge in [-0.1, -0.05) is 12.1 Å². The average Bonchev–Trinajstić information content (AvgIpc) is 2.38. The van der Waals surface area contributed by atoms with Crippen molar-refractivity contribution in [3.05, 3.63) is 47.9 Å². The maximum atomic E-state index is 12.4. The molecule has 2 aromatic rings. The smallest absolute Gasteiger partial charge is 0.439 e. The summed E-state index contributed by atoms with van der Waals surface area (Å²) in [5, 5.41) is 8.95. The van der Waals surface area contributed by atoms with E-state index in [0.29, 0.717) is 11.3 Å². The topological polar surface area (TPSA) is 55.2 Å². The summed E-state index contributed by atoms with van der Waals surface area (Å²) < 4.78 is 42.4. The van der Waals surface area contributed by atoms with E-state index in [1.807, 2.05) is 0 Å². The Kier molecular flexibility index (Phi) is 3.66. The molecule has 0 radical (unpaired) electrons. The fourth-order valence-electron chi connectivity index (χ4n) is 1.36. The van der Waals surface area contributed by atoms with E-state index < -0.39 is 12.0 Å². The lowest BCUT2D eigenvalue weighted by Crippen LogP contribution is -2.10. The number of benzene rings is 1. The molecule has 0 atom stereocenters. The lowest BCUT2D eigenvalue weighted by molar-refractivity contribution is -0.145. The number of hydrogen-bond donors (Lipinski definition) is 1. The van der Waals surface area contributed by atoms with Gasteiger partial charge in [0.15, 0.2) is 0 Å². The molecule has 0 fully saturated rings. The number of aliphatic hydroxyl groups excluding tert-OH is 1. The molecule has 0 aliphatic rings. The highest BCUT2D eigenvalue weighted by atomic mass is 19.4. The van der Waals surface area contributed by atoms with E-state index in [4.69, 9.17) is 9.84 Å². The van der Waals surface area contributed by atoms with Crippen molar-refractivity contribution in [2.45, 2.75) is 12.8 Å². The van der Waals surface area contributed by atoms with Gasteiger partial charge in [0.2, 0.25) is 11.7 Å². The predicted octanol–water partition coefficient (Wildman–Crippen LogP) is 2.78. The van der Waals surface area contributed by atoms with Crippen LogP contribution in [-0.4, -0.2) is 15.1 Å². The van der Waals surface area contributed by atoms with Crippen molar-refractivity contribution in [3.63, 3.8) is 0 Å². The number of alkyl halides is 3. The van der Waals surface area contributed by atoms with E-state index in [9.17, 15) is 13.2 Å². The molecule has 0 spiro atoms. The Hall–Kier alpha value is -2.15. The lowest BCUT2D eigenvalue weighted by atomic mass is 10.2. The summed E-state index contributed by atoms with van der Waals surface area (Å²) in [7, 11) is 0. The summed E-state index contributed by atoms with van der Waals surface area (Å²) in [6.45, 7) is -0.186. The molecule has 1 heterocycles. The van der Waals surface area contributed by atoms with Crippen LogP contribution in [0.4, 0.5) is 13.2 Å². The number of halogens is 3. The van der Waals surface area contributed by atoms with Crippen molar-refractivity contribution in [2.24, 2.45) is 0 Å². The van der Waals surface area contributed by atoms with Crippen LogP contribution in [0.15, 0.2) is 36.5 Å². The van der Waals surface area contributed by atoms with Gasteiger partial charge in [0.1, 0.15) is 5.75 Å². The molecule has 1 N–H and O–H groups in total. The molecule has 0 amide bonds. The number of aromatic nitrogens is 2. The Morgan fingerprint density at radius 3 is 2.68 bits per heavy atom. The molecule has 0 saturated carbocycles. The number of nitrogens with zero attached hydrogens (tertiary/aromatic N) is 2. The van der Waals surface area contributed by atoms with Crippen LogP contribution in [-0.2, 0) is 12.8 Å². The van der Waals surface area contributed by atoms with Gasteiger partial charge in [-0.3, -0.25) is 0 Å². The van der Waals surface area contributed by atoms with Gasteiger partial charge in [-0.2, -0.15) is 18.2 Å². The maximum absolute atomic E-state index is 12.4. The fourth-order valence-corrected chi connectivity index (χ4v) is 1.36. The maximum Gasteiger partial charge on any atom is 0.451 e. The molecule has 0 aliphatic heterocycles. The Balaban J connectivity index is 2.23. The zero-order valence-electron chi connectivity index (χ0n) is 9.55. The van der Waals surface area contributed by atoms with Gasteiger partial charge in [-0.25, -0.2) is 4.98 Å². The highest BCUT2D eigenvalue weighted by molar-refractivity contribution is 5.31. The molecular formula is C12H9F3N2O2. The summed E-state index contributed by atoms with van der Waals surface area (Å²) in [6.07, 6.45) is -3.65. The highest BCUT2D eigenvalue weighted by Gasteiger charge is 2.34. The van der Waals surface area contributed by atoms with Crippen molar-refractivity contribution in [2.75, 3.05) is 0 Å². The van der Waals surface area contributed by atoms with E-state index in [1.165, 1.54) is 12.1 Å². The third-order valence-electron chi connectivity index (χ3n) is 2.19. The Morgan fingerprint density at radius 1 is 1.21 bits per heavy atom. The van der Waals surface area contributed by atoms with E-state index >= 15 is 0 Å². The lowest BCUT2D eigenvalue weighted by Gasteiger charge is -2.08. The molecule has 0 unspecified atom stereocenters. The first kappa shape index (κ1) is 13.3. The quantitative estimate of drug-likeness (QED) is 0.931. The molecule has 7 heteroatoms. The van der Waals surface area contributed by atoms with Crippen LogP contribution in [0.3, 0.4) is 0 Å². The van der Waals surface area contributed by atoms with Gasteiger partial charge in [-0.15, -0.1) is 0 Å². The largest absolute Gasteiger partial charge is 0.451 e. The molecule has 2 rings (SSSR count). The van der Waals surface area contributed by atoms with Crippen molar-refractivity contribution >= 4 is 0 Å². The van der Waals surface area contributed by atoms with E-state index in [0.717, 1.165) is 6.20 Å². The van der Waals surface area contributed by atoms with Gasteiger partial charge in [0, 0.05) is 12.3 Å². The fraction of sp³-hybridized carbons (Fsp3) is 0.167.